The van der Waals surface area contributed by atoms with Crippen LogP contribution >= 0.6 is 0 Å². The van der Waals surface area contributed by atoms with Gasteiger partial charge in [-0.25, -0.2) is 13.2 Å². The van der Waals surface area contributed by atoms with E-state index in [1.807, 2.05) is 6.92 Å². The second-order valence-corrected chi connectivity index (χ2v) is 7.79. The number of hydrogen-bond acceptors (Lipinski definition) is 5. The van der Waals surface area contributed by atoms with Gasteiger partial charge in [-0.15, -0.1) is 0 Å². The van der Waals surface area contributed by atoms with Crippen LogP contribution in [0.1, 0.15) is 25.3 Å². The molecule has 1 aromatic rings. The topological polar surface area (TPSA) is 69.7 Å². The van der Waals surface area contributed by atoms with E-state index >= 15 is 0 Å². The molecular formula is C16H18O5S. The van der Waals surface area contributed by atoms with E-state index in [0.717, 1.165) is 19.1 Å². The van der Waals surface area contributed by atoms with Gasteiger partial charge in [0.05, 0.1) is 11.7 Å². The molecule has 1 atom stereocenters. The number of sulfone groups is 1. The van der Waals surface area contributed by atoms with E-state index in [4.69, 9.17) is 9.47 Å². The molecule has 0 aromatic heterocycles. The van der Waals surface area contributed by atoms with Crippen LogP contribution in [0.25, 0.3) is 5.57 Å². The number of cyclic esters (lactones) is 1. The van der Waals surface area contributed by atoms with Crippen LogP contribution in [0.2, 0.25) is 0 Å². The first-order valence-electron chi connectivity index (χ1n) is 7.24. The lowest BCUT2D eigenvalue weighted by Crippen LogP contribution is -2.16. The van der Waals surface area contributed by atoms with Crippen LogP contribution in [0.4, 0.5) is 0 Å². The first kappa shape index (κ1) is 15.1. The van der Waals surface area contributed by atoms with Crippen LogP contribution in [0, 0.1) is 5.92 Å². The molecule has 1 aliphatic heterocycles. The predicted molar refractivity (Wildman–Crippen MR) is 81.3 cm³/mol. The number of carbonyl (C=O) groups is 1. The zero-order valence-electron chi connectivity index (χ0n) is 12.5. The van der Waals surface area contributed by atoms with Gasteiger partial charge in [-0.05, 0) is 49.5 Å². The first-order valence-corrected chi connectivity index (χ1v) is 9.14. The Balaban J connectivity index is 2.00. The van der Waals surface area contributed by atoms with E-state index in [-0.39, 0.29) is 17.6 Å². The van der Waals surface area contributed by atoms with E-state index in [0.29, 0.717) is 22.8 Å². The van der Waals surface area contributed by atoms with Crippen molar-refractivity contribution in [1.82, 2.24) is 0 Å². The standard InChI is InChI=1S/C16H18O5S/c1-10(11-3-4-11)21-14-9-12(13-7-8-20-16(13)17)5-6-15(14)22(2,18)19/h5-7,9-11H,3-4,8H2,1-2H3. The molecule has 1 unspecified atom stereocenters. The summed E-state index contributed by atoms with van der Waals surface area (Å²) in [6.07, 6.45) is 5.00. The minimum absolute atomic E-state index is 0.0414. The molecule has 118 valence electrons. The second kappa shape index (κ2) is 5.43. The van der Waals surface area contributed by atoms with Crippen molar-refractivity contribution in [3.05, 3.63) is 29.8 Å². The van der Waals surface area contributed by atoms with Gasteiger partial charge in [0.2, 0.25) is 0 Å². The summed E-state index contributed by atoms with van der Waals surface area (Å²) in [5.41, 5.74) is 1.07. The lowest BCUT2D eigenvalue weighted by atomic mass is 10.1. The average molecular weight is 322 g/mol. The zero-order chi connectivity index (χ0) is 15.9. The van der Waals surface area contributed by atoms with Crippen molar-refractivity contribution in [2.45, 2.75) is 30.8 Å². The van der Waals surface area contributed by atoms with Gasteiger partial charge in [-0.3, -0.25) is 0 Å². The monoisotopic (exact) mass is 322 g/mol. The van der Waals surface area contributed by atoms with Gasteiger partial charge >= 0.3 is 5.97 Å². The highest BCUT2D eigenvalue weighted by Crippen LogP contribution is 2.37. The number of hydrogen-bond donors (Lipinski definition) is 0. The molecule has 1 saturated carbocycles. The van der Waals surface area contributed by atoms with Crippen LogP contribution in [0.15, 0.2) is 29.2 Å². The molecule has 0 N–H and O–H groups in total. The van der Waals surface area contributed by atoms with Crippen LogP contribution in [-0.2, 0) is 19.4 Å². The van der Waals surface area contributed by atoms with Crippen LogP contribution < -0.4 is 4.74 Å². The minimum atomic E-state index is -3.40. The van der Waals surface area contributed by atoms with Crippen molar-refractivity contribution < 1.29 is 22.7 Å². The van der Waals surface area contributed by atoms with E-state index in [1.54, 1.807) is 18.2 Å². The van der Waals surface area contributed by atoms with Gasteiger partial charge < -0.3 is 9.47 Å². The van der Waals surface area contributed by atoms with E-state index < -0.39 is 15.8 Å². The summed E-state index contributed by atoms with van der Waals surface area (Å²) in [5.74, 6) is 0.389. The second-order valence-electron chi connectivity index (χ2n) is 5.81. The quantitative estimate of drug-likeness (QED) is 0.777. The summed E-state index contributed by atoms with van der Waals surface area (Å²) in [6.45, 7) is 2.19. The van der Waals surface area contributed by atoms with Gasteiger partial charge in [0.25, 0.3) is 0 Å². The maximum absolute atomic E-state index is 11.9. The van der Waals surface area contributed by atoms with Gasteiger partial charge in [0.15, 0.2) is 9.84 Å². The number of carbonyl (C=O) groups excluding carboxylic acids is 1. The van der Waals surface area contributed by atoms with Crippen LogP contribution in [0.3, 0.4) is 0 Å². The lowest BCUT2D eigenvalue weighted by molar-refractivity contribution is -0.133. The Morgan fingerprint density at radius 1 is 1.32 bits per heavy atom. The molecule has 0 saturated heterocycles. The van der Waals surface area contributed by atoms with Gasteiger partial charge in [0.1, 0.15) is 17.3 Å². The fourth-order valence-corrected chi connectivity index (χ4v) is 3.32. The van der Waals surface area contributed by atoms with Crippen molar-refractivity contribution in [2.24, 2.45) is 5.92 Å². The Kier molecular flexibility index (Phi) is 3.72. The van der Waals surface area contributed by atoms with E-state index in [2.05, 4.69) is 0 Å². The summed E-state index contributed by atoms with van der Waals surface area (Å²) in [7, 11) is -3.40. The van der Waals surface area contributed by atoms with Crippen molar-refractivity contribution in [1.29, 1.82) is 0 Å². The molecule has 2 aliphatic rings. The highest BCUT2D eigenvalue weighted by molar-refractivity contribution is 7.90. The zero-order valence-corrected chi connectivity index (χ0v) is 13.4. The molecule has 0 radical (unpaired) electrons. The van der Waals surface area contributed by atoms with Crippen molar-refractivity contribution in [2.75, 3.05) is 12.9 Å². The molecule has 1 aliphatic carbocycles. The third-order valence-corrected chi connectivity index (χ3v) is 5.11. The van der Waals surface area contributed by atoms with Gasteiger partial charge in [0, 0.05) is 6.26 Å². The highest BCUT2D eigenvalue weighted by atomic mass is 32.2. The van der Waals surface area contributed by atoms with Crippen molar-refractivity contribution >= 4 is 21.4 Å². The lowest BCUT2D eigenvalue weighted by Gasteiger charge is -2.17. The number of esters is 1. The molecule has 6 heteroatoms. The Bertz CT molecular complexity index is 744. The first-order chi connectivity index (χ1) is 10.4. The number of benzene rings is 1. The molecule has 1 aromatic carbocycles. The molecule has 0 spiro atoms. The third kappa shape index (κ3) is 3.02. The number of ether oxygens (including phenoxy) is 2. The summed E-state index contributed by atoms with van der Waals surface area (Å²) in [6, 6.07) is 4.73. The molecule has 3 rings (SSSR count). The Morgan fingerprint density at radius 3 is 2.59 bits per heavy atom. The molecule has 1 heterocycles. The maximum Gasteiger partial charge on any atom is 0.338 e. The summed E-state index contributed by atoms with van der Waals surface area (Å²) < 4.78 is 34.6. The summed E-state index contributed by atoms with van der Waals surface area (Å²) in [5, 5.41) is 0. The third-order valence-electron chi connectivity index (χ3n) is 3.97. The summed E-state index contributed by atoms with van der Waals surface area (Å²) in [4.78, 5) is 11.8. The van der Waals surface area contributed by atoms with Gasteiger partial charge in [-0.2, -0.15) is 0 Å². The molecular weight excluding hydrogens is 304 g/mol. The molecule has 0 bridgehead atoms. The highest BCUT2D eigenvalue weighted by Gasteiger charge is 2.31. The van der Waals surface area contributed by atoms with Gasteiger partial charge in [-0.1, -0.05) is 6.07 Å². The average Bonchev–Trinajstić information content (AvgIpc) is 3.20. The van der Waals surface area contributed by atoms with Crippen molar-refractivity contribution in [3.8, 4) is 5.75 Å². The smallest absolute Gasteiger partial charge is 0.338 e. The Hall–Kier alpha value is -1.82. The molecule has 5 nitrogen and oxygen atoms in total. The SMILES string of the molecule is CC(Oc1cc(C2=CCOC2=O)ccc1S(C)(=O)=O)C1CC1. The molecule has 0 amide bonds. The minimum Gasteiger partial charge on any atom is -0.489 e. The van der Waals surface area contributed by atoms with Crippen LogP contribution in [-0.4, -0.2) is 33.4 Å². The Labute approximate surface area is 129 Å². The van der Waals surface area contributed by atoms with E-state index in [9.17, 15) is 13.2 Å². The van der Waals surface area contributed by atoms with Crippen molar-refractivity contribution in [3.63, 3.8) is 0 Å². The predicted octanol–water partition coefficient (Wildman–Crippen LogP) is 2.21. The fourth-order valence-electron chi connectivity index (χ4n) is 2.53. The normalized spacial score (nSPS) is 19.5. The van der Waals surface area contributed by atoms with E-state index in [1.165, 1.54) is 6.07 Å². The van der Waals surface area contributed by atoms with Crippen LogP contribution in [0.5, 0.6) is 5.75 Å². The Morgan fingerprint density at radius 2 is 2.05 bits per heavy atom. The fraction of sp³-hybridized carbons (Fsp3) is 0.438. The molecule has 1 fully saturated rings. The summed E-state index contributed by atoms with van der Waals surface area (Å²) >= 11 is 0. The maximum atomic E-state index is 11.9. The number of rotatable bonds is 5. The molecule has 22 heavy (non-hydrogen) atoms. The largest absolute Gasteiger partial charge is 0.489 e.